The molecule has 28 heavy (non-hydrogen) atoms. The summed E-state index contributed by atoms with van der Waals surface area (Å²) in [7, 11) is -3.17. The summed E-state index contributed by atoms with van der Waals surface area (Å²) in [5.74, 6) is -0.896. The summed E-state index contributed by atoms with van der Waals surface area (Å²) in [6, 6.07) is 13.1. The van der Waals surface area contributed by atoms with Crippen molar-refractivity contribution in [2.75, 3.05) is 16.4 Å². The second-order valence-electron chi connectivity index (χ2n) is 6.72. The van der Waals surface area contributed by atoms with Crippen molar-refractivity contribution in [3.8, 4) is 0 Å². The van der Waals surface area contributed by atoms with Gasteiger partial charge in [-0.2, -0.15) is 4.99 Å². The molecule has 2 aromatic carbocycles. The molecule has 2 saturated heterocycles. The predicted octanol–water partition coefficient (Wildman–Crippen LogP) is 3.32. The molecule has 2 heterocycles. The van der Waals surface area contributed by atoms with Crippen LogP contribution in [0.5, 0.6) is 0 Å². The van der Waals surface area contributed by atoms with E-state index in [0.717, 1.165) is 5.56 Å². The minimum Gasteiger partial charge on any atom is -0.316 e. The number of hydrogen-bond donors (Lipinski definition) is 0. The molecule has 9 heteroatoms. The summed E-state index contributed by atoms with van der Waals surface area (Å²) in [6.07, 6.45) is 0.149. The molecule has 2 aliphatic heterocycles. The highest BCUT2D eigenvalue weighted by Gasteiger charge is 2.49. The highest BCUT2D eigenvalue weighted by Crippen LogP contribution is 2.41. The highest BCUT2D eigenvalue weighted by atomic mass is 35.5. The van der Waals surface area contributed by atoms with Gasteiger partial charge in [-0.15, -0.1) is 0 Å². The topological polar surface area (TPSA) is 66.8 Å². The van der Waals surface area contributed by atoms with Crippen molar-refractivity contribution in [3.63, 3.8) is 0 Å². The number of halogens is 2. The number of nitrogens with zero attached hydrogens (tertiary/aromatic N) is 2. The molecule has 2 aromatic rings. The zero-order valence-corrected chi connectivity index (χ0v) is 17.0. The van der Waals surface area contributed by atoms with E-state index in [4.69, 9.17) is 11.6 Å². The number of rotatable bonds is 3. The first-order valence-electron chi connectivity index (χ1n) is 8.59. The third kappa shape index (κ3) is 3.94. The van der Waals surface area contributed by atoms with Gasteiger partial charge in [0.1, 0.15) is 5.82 Å². The van der Waals surface area contributed by atoms with Crippen LogP contribution in [0.1, 0.15) is 5.56 Å². The van der Waals surface area contributed by atoms with E-state index >= 15 is 0 Å². The van der Waals surface area contributed by atoms with E-state index in [1.165, 1.54) is 30.0 Å². The molecule has 2 fully saturated rings. The molecule has 1 amide bonds. The fourth-order valence-electron chi connectivity index (χ4n) is 3.42. The lowest BCUT2D eigenvalue weighted by Gasteiger charge is -2.24. The second-order valence-corrected chi connectivity index (χ2v) is 10.5. The average molecular weight is 439 g/mol. The van der Waals surface area contributed by atoms with Gasteiger partial charge in [0.05, 0.1) is 29.0 Å². The van der Waals surface area contributed by atoms with E-state index in [9.17, 15) is 17.6 Å². The van der Waals surface area contributed by atoms with Crippen LogP contribution in [0.15, 0.2) is 53.5 Å². The molecule has 5 nitrogen and oxygen atoms in total. The Balaban J connectivity index is 1.67. The van der Waals surface area contributed by atoms with Crippen molar-refractivity contribution < 1.29 is 17.6 Å². The van der Waals surface area contributed by atoms with Gasteiger partial charge in [-0.3, -0.25) is 4.79 Å². The lowest BCUT2D eigenvalue weighted by molar-refractivity contribution is -0.117. The first kappa shape index (κ1) is 19.4. The second kappa shape index (κ2) is 7.50. The summed E-state index contributed by atoms with van der Waals surface area (Å²) in [6.45, 7) is 0. The average Bonchev–Trinajstić information content (AvgIpc) is 3.09. The molecule has 2 aliphatic rings. The number of amides is 1. The maximum Gasteiger partial charge on any atom is 0.252 e. The lowest BCUT2D eigenvalue weighted by Crippen LogP contribution is -2.37. The molecule has 0 aliphatic carbocycles. The third-order valence-corrected chi connectivity index (χ3v) is 8.17. The van der Waals surface area contributed by atoms with Gasteiger partial charge in [0, 0.05) is 10.9 Å². The van der Waals surface area contributed by atoms with Crippen LogP contribution in [0, 0.1) is 5.82 Å². The van der Waals surface area contributed by atoms with Gasteiger partial charge in [-0.1, -0.05) is 53.7 Å². The van der Waals surface area contributed by atoms with Gasteiger partial charge in [-0.05, 0) is 23.8 Å². The van der Waals surface area contributed by atoms with E-state index in [2.05, 4.69) is 4.99 Å². The van der Waals surface area contributed by atoms with Gasteiger partial charge in [0.25, 0.3) is 5.91 Å². The summed E-state index contributed by atoms with van der Waals surface area (Å²) < 4.78 is 37.7. The van der Waals surface area contributed by atoms with Crippen molar-refractivity contribution >= 4 is 50.0 Å². The fourth-order valence-corrected chi connectivity index (χ4v) is 7.52. The van der Waals surface area contributed by atoms with Crippen LogP contribution < -0.4 is 4.90 Å². The molecule has 0 aromatic heterocycles. The Morgan fingerprint density at radius 2 is 1.96 bits per heavy atom. The van der Waals surface area contributed by atoms with Crippen molar-refractivity contribution in [1.82, 2.24) is 0 Å². The SMILES string of the molecule is O=C(Cc1ccccc1)N=C1S[C@@H]2CS(=O)(=O)C[C@H]2N1c1ccc(F)c(Cl)c1. The van der Waals surface area contributed by atoms with Crippen LogP contribution in [0.2, 0.25) is 5.02 Å². The lowest BCUT2D eigenvalue weighted by atomic mass is 10.1. The summed E-state index contributed by atoms with van der Waals surface area (Å²) >= 11 is 7.19. The Kier molecular flexibility index (Phi) is 5.20. The van der Waals surface area contributed by atoms with Crippen molar-refractivity contribution in [2.24, 2.45) is 4.99 Å². The Bertz CT molecular complexity index is 1060. The maximum absolute atomic E-state index is 13.6. The molecule has 0 bridgehead atoms. The molecule has 2 atom stereocenters. The number of hydrogen-bond acceptors (Lipinski definition) is 4. The monoisotopic (exact) mass is 438 g/mol. The number of carbonyl (C=O) groups excluding carboxylic acids is 1. The Morgan fingerprint density at radius 3 is 2.68 bits per heavy atom. The predicted molar refractivity (Wildman–Crippen MR) is 110 cm³/mol. The van der Waals surface area contributed by atoms with Crippen LogP contribution in [0.3, 0.4) is 0 Å². The fraction of sp³-hybridized carbons (Fsp3) is 0.263. The van der Waals surface area contributed by atoms with Gasteiger partial charge in [0.15, 0.2) is 15.0 Å². The van der Waals surface area contributed by atoms with E-state index < -0.39 is 15.7 Å². The minimum atomic E-state index is -3.17. The molecule has 0 radical (unpaired) electrons. The zero-order chi connectivity index (χ0) is 19.9. The number of benzene rings is 2. The molecule has 146 valence electrons. The number of carbonyl (C=O) groups is 1. The standard InChI is InChI=1S/C19H16ClFN2O3S2/c20-14-9-13(6-7-15(14)21)23-16-10-28(25,26)11-17(16)27-19(23)22-18(24)8-12-4-2-1-3-5-12/h1-7,9,16-17H,8,10-11H2/t16-,17-/m1/s1. The van der Waals surface area contributed by atoms with E-state index in [1.54, 1.807) is 4.90 Å². The normalized spacial score (nSPS) is 24.5. The third-order valence-electron chi connectivity index (χ3n) is 4.67. The van der Waals surface area contributed by atoms with Gasteiger partial charge >= 0.3 is 0 Å². The first-order chi connectivity index (χ1) is 13.3. The summed E-state index contributed by atoms with van der Waals surface area (Å²) in [5, 5.41) is 0.132. The maximum atomic E-state index is 13.6. The number of fused-ring (bicyclic) bond motifs is 1. The Hall–Kier alpha value is -1.90. The highest BCUT2D eigenvalue weighted by molar-refractivity contribution is 8.16. The van der Waals surface area contributed by atoms with Gasteiger partial charge in [-0.25, -0.2) is 12.8 Å². The van der Waals surface area contributed by atoms with Crippen LogP contribution in [-0.2, 0) is 21.1 Å². The molecule has 0 saturated carbocycles. The quantitative estimate of drug-likeness (QED) is 0.735. The first-order valence-corrected chi connectivity index (χ1v) is 11.7. The van der Waals surface area contributed by atoms with Crippen LogP contribution in [0.4, 0.5) is 10.1 Å². The zero-order valence-electron chi connectivity index (χ0n) is 14.6. The number of anilines is 1. The van der Waals surface area contributed by atoms with Gasteiger partial charge in [0.2, 0.25) is 0 Å². The summed E-state index contributed by atoms with van der Waals surface area (Å²) in [5.41, 5.74) is 1.37. The van der Waals surface area contributed by atoms with E-state index in [0.29, 0.717) is 10.9 Å². The van der Waals surface area contributed by atoms with Crippen molar-refractivity contribution in [2.45, 2.75) is 17.7 Å². The largest absolute Gasteiger partial charge is 0.316 e. The van der Waals surface area contributed by atoms with Crippen LogP contribution in [0.25, 0.3) is 0 Å². The molecular formula is C19H16ClFN2O3S2. The molecular weight excluding hydrogens is 423 g/mol. The number of aliphatic imine (C=N–C) groups is 1. The van der Waals surface area contributed by atoms with Crippen molar-refractivity contribution in [1.29, 1.82) is 0 Å². The Morgan fingerprint density at radius 1 is 1.21 bits per heavy atom. The van der Waals surface area contributed by atoms with Crippen LogP contribution in [-0.4, -0.2) is 42.3 Å². The number of thioether (sulfide) groups is 1. The molecule has 0 spiro atoms. The van der Waals surface area contributed by atoms with Crippen molar-refractivity contribution in [3.05, 3.63) is 64.9 Å². The number of sulfone groups is 1. The molecule has 0 unspecified atom stereocenters. The van der Waals surface area contributed by atoms with E-state index in [1.807, 2.05) is 30.3 Å². The van der Waals surface area contributed by atoms with Crippen LogP contribution >= 0.6 is 23.4 Å². The number of amidine groups is 1. The summed E-state index contributed by atoms with van der Waals surface area (Å²) in [4.78, 5) is 18.4. The van der Waals surface area contributed by atoms with Gasteiger partial charge < -0.3 is 4.90 Å². The minimum absolute atomic E-state index is 0.0274. The molecule has 0 N–H and O–H groups in total. The Labute approximate surface area is 171 Å². The van der Waals surface area contributed by atoms with E-state index in [-0.39, 0.29) is 40.1 Å². The molecule has 4 rings (SSSR count). The smallest absolute Gasteiger partial charge is 0.252 e.